The number of fused-ring (bicyclic) bond motifs is 1. The first-order valence-electron chi connectivity index (χ1n) is 13.8. The van der Waals surface area contributed by atoms with Gasteiger partial charge >= 0.3 is 0 Å². The van der Waals surface area contributed by atoms with E-state index in [9.17, 15) is 18.8 Å². The fraction of sp³-hybridized carbons (Fsp3) is 0.290. The molecule has 3 heterocycles. The molecule has 0 aliphatic carbocycles. The van der Waals surface area contributed by atoms with Gasteiger partial charge in [0.15, 0.2) is 0 Å². The number of halogens is 1. The molecule has 1 spiro atoms. The number of carbonyl (C=O) groups excluding carboxylic acids is 3. The number of nitrogens with zero attached hydrogens (tertiary/aromatic N) is 4. The third-order valence-electron chi connectivity index (χ3n) is 8.15. The largest absolute Gasteiger partial charge is 0.338 e. The van der Waals surface area contributed by atoms with E-state index in [0.717, 1.165) is 16.5 Å². The van der Waals surface area contributed by atoms with Crippen LogP contribution in [0.5, 0.6) is 0 Å². The molecule has 6 rings (SSSR count). The van der Waals surface area contributed by atoms with Gasteiger partial charge in [0.25, 0.3) is 5.91 Å². The van der Waals surface area contributed by atoms with Crippen LogP contribution in [0.3, 0.4) is 0 Å². The molecule has 2 N–H and O–H groups in total. The second-order valence-electron chi connectivity index (χ2n) is 10.7. The van der Waals surface area contributed by atoms with Gasteiger partial charge in [0, 0.05) is 55.6 Å². The van der Waals surface area contributed by atoms with Crippen molar-refractivity contribution in [3.63, 3.8) is 0 Å². The Morgan fingerprint density at radius 1 is 0.951 bits per heavy atom. The summed E-state index contributed by atoms with van der Waals surface area (Å²) < 4.78 is 13.6. The van der Waals surface area contributed by atoms with Crippen molar-refractivity contribution in [3.8, 4) is 0 Å². The minimum atomic E-state index is -0.835. The Morgan fingerprint density at radius 2 is 1.76 bits per heavy atom. The molecule has 2 fully saturated rings. The maximum atomic E-state index is 14.1. The van der Waals surface area contributed by atoms with Gasteiger partial charge in [-0.2, -0.15) is 5.10 Å². The fourth-order valence-electron chi connectivity index (χ4n) is 5.98. The zero-order valence-electron chi connectivity index (χ0n) is 22.6. The lowest BCUT2D eigenvalue weighted by atomic mass is 9.81. The number of benzene rings is 3. The van der Waals surface area contributed by atoms with Crippen LogP contribution in [0.4, 0.5) is 10.1 Å². The van der Waals surface area contributed by atoms with Crippen molar-refractivity contribution in [3.05, 3.63) is 95.9 Å². The molecule has 0 unspecified atom stereocenters. The van der Waals surface area contributed by atoms with Crippen LogP contribution >= 0.6 is 0 Å². The fourth-order valence-corrected chi connectivity index (χ4v) is 5.98. The van der Waals surface area contributed by atoms with Crippen molar-refractivity contribution in [1.82, 2.24) is 24.9 Å². The number of piperazine rings is 1. The van der Waals surface area contributed by atoms with Gasteiger partial charge in [-0.25, -0.2) is 4.39 Å². The predicted molar refractivity (Wildman–Crippen MR) is 152 cm³/mol. The summed E-state index contributed by atoms with van der Waals surface area (Å²) >= 11 is 0. The molecule has 2 aliphatic rings. The summed E-state index contributed by atoms with van der Waals surface area (Å²) in [5.41, 5.74) is 1.99. The molecule has 210 valence electrons. The van der Waals surface area contributed by atoms with Crippen LogP contribution in [-0.4, -0.2) is 80.9 Å². The summed E-state index contributed by atoms with van der Waals surface area (Å²) in [7, 11) is 0. The number of nitrogens with one attached hydrogen (secondary N) is 2. The number of rotatable bonds is 6. The van der Waals surface area contributed by atoms with Crippen LogP contribution in [0.25, 0.3) is 10.9 Å². The molecule has 2 aliphatic heterocycles. The highest BCUT2D eigenvalue weighted by Gasteiger charge is 2.51. The lowest BCUT2D eigenvalue weighted by Gasteiger charge is -2.52. The maximum Gasteiger partial charge on any atom is 0.253 e. The Balaban J connectivity index is 1.19. The SMILES string of the molecule is O=C(CN1CCN(Cc2ccccc2)C2(CCN(C(=O)c3ccc4n[nH]cc4c3)CC2)C1=O)Nc1cccc(F)c1. The number of H-pyrrole nitrogens is 1. The Labute approximate surface area is 236 Å². The van der Waals surface area contributed by atoms with E-state index in [1.807, 2.05) is 42.5 Å². The number of piperidine rings is 1. The molecule has 2 saturated heterocycles. The number of carbonyl (C=O) groups is 3. The topological polar surface area (TPSA) is 102 Å². The van der Waals surface area contributed by atoms with Crippen molar-refractivity contribution < 1.29 is 18.8 Å². The van der Waals surface area contributed by atoms with Gasteiger partial charge in [-0.05, 0) is 54.8 Å². The molecule has 1 aromatic heterocycles. The number of hydrogen-bond donors (Lipinski definition) is 2. The van der Waals surface area contributed by atoms with Gasteiger partial charge in [0.05, 0.1) is 12.1 Å². The Morgan fingerprint density at radius 3 is 2.54 bits per heavy atom. The molecular formula is C31H31FN6O3. The van der Waals surface area contributed by atoms with Crippen LogP contribution in [0.2, 0.25) is 0 Å². The summed E-state index contributed by atoms with van der Waals surface area (Å²) in [6, 6.07) is 21.1. The Kier molecular flexibility index (Phi) is 7.23. The normalized spacial score (nSPS) is 17.2. The van der Waals surface area contributed by atoms with Crippen molar-refractivity contribution in [2.75, 3.05) is 38.0 Å². The molecule has 3 aromatic carbocycles. The average Bonchev–Trinajstić information content (AvgIpc) is 3.46. The first-order valence-corrected chi connectivity index (χ1v) is 13.8. The predicted octanol–water partition coefficient (Wildman–Crippen LogP) is 3.66. The second-order valence-corrected chi connectivity index (χ2v) is 10.7. The van der Waals surface area contributed by atoms with Crippen molar-refractivity contribution in [1.29, 1.82) is 0 Å². The van der Waals surface area contributed by atoms with E-state index in [1.54, 1.807) is 28.1 Å². The van der Waals surface area contributed by atoms with Crippen LogP contribution in [0, 0.1) is 5.82 Å². The number of anilines is 1. The van der Waals surface area contributed by atoms with Gasteiger partial charge in [-0.3, -0.25) is 24.4 Å². The standard InChI is InChI=1S/C31H31FN6O3/c32-25-7-4-8-26(18-25)34-28(39)21-37-15-16-38(20-22-5-2-1-3-6-22)31(30(37)41)11-13-36(14-12-31)29(40)23-9-10-27-24(17-23)19-33-35-27/h1-10,17-19H,11-16,20-21H2,(H,33,35)(H,34,39). The summed E-state index contributed by atoms with van der Waals surface area (Å²) in [6.07, 6.45) is 2.68. The van der Waals surface area contributed by atoms with Crippen LogP contribution in [-0.2, 0) is 16.1 Å². The summed E-state index contributed by atoms with van der Waals surface area (Å²) in [5, 5.41) is 10.5. The highest BCUT2D eigenvalue weighted by atomic mass is 19.1. The quantitative estimate of drug-likeness (QED) is 0.379. The van der Waals surface area contributed by atoms with E-state index >= 15 is 0 Å². The highest BCUT2D eigenvalue weighted by molar-refractivity contribution is 5.99. The van der Waals surface area contributed by atoms with E-state index in [1.165, 1.54) is 18.2 Å². The van der Waals surface area contributed by atoms with Gasteiger partial charge in [0.1, 0.15) is 11.4 Å². The monoisotopic (exact) mass is 554 g/mol. The zero-order chi connectivity index (χ0) is 28.4. The zero-order valence-corrected chi connectivity index (χ0v) is 22.6. The van der Waals surface area contributed by atoms with E-state index < -0.39 is 11.4 Å². The highest BCUT2D eigenvalue weighted by Crippen LogP contribution is 2.35. The number of aromatic nitrogens is 2. The van der Waals surface area contributed by atoms with Crippen molar-refractivity contribution >= 4 is 34.3 Å². The molecule has 0 radical (unpaired) electrons. The number of hydrogen-bond acceptors (Lipinski definition) is 5. The van der Waals surface area contributed by atoms with Crippen molar-refractivity contribution in [2.45, 2.75) is 24.9 Å². The number of aromatic amines is 1. The molecule has 3 amide bonds. The summed E-state index contributed by atoms with van der Waals surface area (Å²) in [4.78, 5) is 46.0. The molecular weight excluding hydrogens is 523 g/mol. The second kappa shape index (κ2) is 11.1. The molecule has 0 saturated carbocycles. The molecule has 10 heteroatoms. The Bertz CT molecular complexity index is 1580. The van der Waals surface area contributed by atoms with Gasteiger partial charge in [-0.15, -0.1) is 0 Å². The average molecular weight is 555 g/mol. The third-order valence-corrected chi connectivity index (χ3v) is 8.15. The first kappa shape index (κ1) is 26.6. The molecule has 41 heavy (non-hydrogen) atoms. The first-order chi connectivity index (χ1) is 19.9. The molecule has 0 atom stereocenters. The lowest BCUT2D eigenvalue weighted by Crippen LogP contribution is -2.69. The third kappa shape index (κ3) is 5.43. The van der Waals surface area contributed by atoms with E-state index in [-0.39, 0.29) is 24.3 Å². The molecule has 4 aromatic rings. The Hall–Kier alpha value is -4.57. The van der Waals surface area contributed by atoms with Crippen LogP contribution in [0.1, 0.15) is 28.8 Å². The van der Waals surface area contributed by atoms with E-state index in [2.05, 4.69) is 20.4 Å². The van der Waals surface area contributed by atoms with E-state index in [0.29, 0.717) is 56.8 Å². The summed E-state index contributed by atoms with van der Waals surface area (Å²) in [6.45, 7) is 2.31. The molecule has 0 bridgehead atoms. The van der Waals surface area contributed by atoms with E-state index in [4.69, 9.17) is 0 Å². The summed E-state index contributed by atoms with van der Waals surface area (Å²) in [5.74, 6) is -1.01. The van der Waals surface area contributed by atoms with Gasteiger partial charge in [-0.1, -0.05) is 36.4 Å². The molecule has 9 nitrogen and oxygen atoms in total. The minimum absolute atomic E-state index is 0.0767. The minimum Gasteiger partial charge on any atom is -0.338 e. The van der Waals surface area contributed by atoms with Crippen molar-refractivity contribution in [2.24, 2.45) is 0 Å². The lowest BCUT2D eigenvalue weighted by molar-refractivity contribution is -0.157. The van der Waals surface area contributed by atoms with Crippen LogP contribution < -0.4 is 5.32 Å². The smallest absolute Gasteiger partial charge is 0.253 e. The number of amides is 3. The maximum absolute atomic E-state index is 14.1. The van der Waals surface area contributed by atoms with Gasteiger partial charge in [0.2, 0.25) is 11.8 Å². The van der Waals surface area contributed by atoms with Gasteiger partial charge < -0.3 is 15.1 Å². The number of likely N-dealkylation sites (tertiary alicyclic amines) is 1. The van der Waals surface area contributed by atoms with Crippen LogP contribution in [0.15, 0.2) is 79.0 Å².